The van der Waals surface area contributed by atoms with Crippen molar-refractivity contribution in [2.45, 2.75) is 52.5 Å². The first-order valence-corrected chi connectivity index (χ1v) is 10.2. The van der Waals surface area contributed by atoms with Crippen LogP contribution in [0.5, 0.6) is 0 Å². The van der Waals surface area contributed by atoms with Crippen molar-refractivity contribution in [3.8, 4) is 0 Å². The quantitative estimate of drug-likeness (QED) is 0.651. The van der Waals surface area contributed by atoms with E-state index in [1.54, 1.807) is 20.8 Å². The molecule has 32 heavy (non-hydrogen) atoms. The maximum atomic E-state index is 14.3. The van der Waals surface area contributed by atoms with Crippen LogP contribution in [0, 0.1) is 5.82 Å². The molecule has 0 fully saturated rings. The van der Waals surface area contributed by atoms with Gasteiger partial charge in [-0.05, 0) is 51.5 Å². The topological polar surface area (TPSA) is 84.9 Å². The van der Waals surface area contributed by atoms with E-state index in [-0.39, 0.29) is 24.3 Å². The van der Waals surface area contributed by atoms with E-state index >= 15 is 0 Å². The fourth-order valence-corrected chi connectivity index (χ4v) is 2.83. The van der Waals surface area contributed by atoms with Gasteiger partial charge >= 0.3 is 12.1 Å². The molecule has 0 saturated heterocycles. The van der Waals surface area contributed by atoms with Gasteiger partial charge < -0.3 is 19.7 Å². The fourth-order valence-electron chi connectivity index (χ4n) is 2.83. The third kappa shape index (κ3) is 7.68. The summed E-state index contributed by atoms with van der Waals surface area (Å²) >= 11 is 0. The minimum absolute atomic E-state index is 0.0755. The van der Waals surface area contributed by atoms with Crippen LogP contribution in [0.3, 0.4) is 0 Å². The van der Waals surface area contributed by atoms with Crippen LogP contribution in [0.4, 0.5) is 9.18 Å². The maximum Gasteiger partial charge on any atom is 0.408 e. The van der Waals surface area contributed by atoms with Crippen molar-refractivity contribution in [3.05, 3.63) is 71.0 Å². The molecule has 2 rings (SSSR count). The molecule has 0 unspecified atom stereocenters. The van der Waals surface area contributed by atoms with Gasteiger partial charge in [-0.1, -0.05) is 30.3 Å². The van der Waals surface area contributed by atoms with Gasteiger partial charge in [-0.2, -0.15) is 0 Å². The van der Waals surface area contributed by atoms with Gasteiger partial charge in [0.1, 0.15) is 24.1 Å². The summed E-state index contributed by atoms with van der Waals surface area (Å²) in [6, 6.07) is 12.1. The lowest BCUT2D eigenvalue weighted by Crippen LogP contribution is -2.45. The molecule has 7 nitrogen and oxygen atoms in total. The minimum Gasteiger partial charge on any atom is -0.456 e. The fraction of sp³-hybridized carbons (Fsp3) is 0.375. The van der Waals surface area contributed by atoms with Crippen LogP contribution in [0.25, 0.3) is 0 Å². The Labute approximate surface area is 187 Å². The van der Waals surface area contributed by atoms with E-state index in [0.717, 1.165) is 11.6 Å². The van der Waals surface area contributed by atoms with Crippen LogP contribution in [0.15, 0.2) is 48.5 Å². The van der Waals surface area contributed by atoms with Crippen LogP contribution < -0.4 is 5.32 Å². The summed E-state index contributed by atoms with van der Waals surface area (Å²) in [5.41, 5.74) is 0.476. The zero-order chi connectivity index (χ0) is 23.9. The standard InChI is InChI=1S/C24H29FN2O5/c1-16(26-23(30)31-15-17-9-7-6-8-10-17)21(28)27(5)14-19-13-18(11-12-20(19)25)22(29)32-24(2,3)4/h6-13,16H,14-15H2,1-5H3,(H,26,30)/t16-/m1/s1. The van der Waals surface area contributed by atoms with E-state index in [4.69, 9.17) is 9.47 Å². The molecule has 8 heteroatoms. The first-order valence-electron chi connectivity index (χ1n) is 10.2. The Bertz CT molecular complexity index is 957. The molecule has 1 atom stereocenters. The Balaban J connectivity index is 1.95. The predicted octanol–water partition coefficient (Wildman–Crippen LogP) is 4.05. The van der Waals surface area contributed by atoms with Crippen molar-refractivity contribution in [3.63, 3.8) is 0 Å². The third-order valence-corrected chi connectivity index (χ3v) is 4.38. The largest absolute Gasteiger partial charge is 0.456 e. The van der Waals surface area contributed by atoms with Gasteiger partial charge in [-0.15, -0.1) is 0 Å². The second kappa shape index (κ2) is 10.7. The van der Waals surface area contributed by atoms with E-state index in [1.165, 1.54) is 31.0 Å². The van der Waals surface area contributed by atoms with Gasteiger partial charge in [0, 0.05) is 19.2 Å². The lowest BCUT2D eigenvalue weighted by molar-refractivity contribution is -0.132. The molecule has 0 saturated carbocycles. The molecule has 0 heterocycles. The van der Waals surface area contributed by atoms with Gasteiger partial charge in [0.2, 0.25) is 5.91 Å². The van der Waals surface area contributed by atoms with Gasteiger partial charge in [-0.25, -0.2) is 14.0 Å². The summed E-state index contributed by atoms with van der Waals surface area (Å²) in [4.78, 5) is 38.1. The summed E-state index contributed by atoms with van der Waals surface area (Å²) in [7, 11) is 1.48. The number of likely N-dealkylation sites (N-methyl/N-ethyl adjacent to an activating group) is 1. The summed E-state index contributed by atoms with van der Waals surface area (Å²) in [5.74, 6) is -1.58. The van der Waals surface area contributed by atoms with Gasteiger partial charge in [-0.3, -0.25) is 4.79 Å². The molecule has 0 aliphatic rings. The van der Waals surface area contributed by atoms with Crippen molar-refractivity contribution < 1.29 is 28.2 Å². The van der Waals surface area contributed by atoms with E-state index in [1.807, 2.05) is 30.3 Å². The summed E-state index contributed by atoms with van der Waals surface area (Å²) in [6.07, 6.45) is -0.735. The van der Waals surface area contributed by atoms with Crippen molar-refractivity contribution in [1.29, 1.82) is 0 Å². The highest BCUT2D eigenvalue weighted by Gasteiger charge is 2.23. The number of benzene rings is 2. The molecular weight excluding hydrogens is 415 g/mol. The predicted molar refractivity (Wildman–Crippen MR) is 117 cm³/mol. The molecule has 172 valence electrons. The maximum absolute atomic E-state index is 14.3. The van der Waals surface area contributed by atoms with Gasteiger partial charge in [0.25, 0.3) is 0 Å². The summed E-state index contributed by atoms with van der Waals surface area (Å²) < 4.78 is 24.7. The number of hydrogen-bond donors (Lipinski definition) is 1. The van der Waals surface area contributed by atoms with Crippen molar-refractivity contribution in [2.75, 3.05) is 7.05 Å². The Morgan fingerprint density at radius 3 is 2.38 bits per heavy atom. The number of nitrogens with one attached hydrogen (secondary N) is 1. The monoisotopic (exact) mass is 444 g/mol. The zero-order valence-corrected chi connectivity index (χ0v) is 19.0. The molecule has 0 spiro atoms. The number of halogens is 1. The number of nitrogens with zero attached hydrogens (tertiary/aromatic N) is 1. The highest BCUT2D eigenvalue weighted by molar-refractivity contribution is 5.90. The average molecular weight is 445 g/mol. The Kier molecular flexibility index (Phi) is 8.34. The normalized spacial score (nSPS) is 11.9. The molecular formula is C24H29FN2O5. The van der Waals surface area contributed by atoms with Crippen LogP contribution in [0.2, 0.25) is 0 Å². The molecule has 2 amide bonds. The highest BCUT2D eigenvalue weighted by Crippen LogP contribution is 2.17. The molecule has 0 aliphatic carbocycles. The number of ether oxygens (including phenoxy) is 2. The second-order valence-electron chi connectivity index (χ2n) is 8.43. The minimum atomic E-state index is -0.889. The highest BCUT2D eigenvalue weighted by atomic mass is 19.1. The van der Waals surface area contributed by atoms with E-state index in [0.29, 0.717) is 0 Å². The number of rotatable bonds is 7. The van der Waals surface area contributed by atoms with Gasteiger partial charge in [0.05, 0.1) is 5.56 Å². The first-order chi connectivity index (χ1) is 15.0. The molecule has 2 aromatic rings. The molecule has 2 aromatic carbocycles. The Morgan fingerprint density at radius 1 is 1.09 bits per heavy atom. The lowest BCUT2D eigenvalue weighted by atomic mass is 10.1. The average Bonchev–Trinajstić information content (AvgIpc) is 2.72. The summed E-state index contributed by atoms with van der Waals surface area (Å²) in [5, 5.41) is 2.47. The van der Waals surface area contributed by atoms with E-state index in [2.05, 4.69) is 5.32 Å². The number of amides is 2. The number of hydrogen-bond acceptors (Lipinski definition) is 5. The molecule has 0 aliphatic heterocycles. The Hall–Kier alpha value is -3.42. The number of carbonyl (C=O) groups excluding carboxylic acids is 3. The molecule has 0 aromatic heterocycles. The molecule has 0 bridgehead atoms. The third-order valence-electron chi connectivity index (χ3n) is 4.38. The van der Waals surface area contributed by atoms with E-state index in [9.17, 15) is 18.8 Å². The van der Waals surface area contributed by atoms with Gasteiger partial charge in [0.15, 0.2) is 0 Å². The van der Waals surface area contributed by atoms with Crippen LogP contribution in [0.1, 0.15) is 49.2 Å². The Morgan fingerprint density at radius 2 is 1.75 bits per heavy atom. The summed E-state index contributed by atoms with van der Waals surface area (Å²) in [6.45, 7) is 6.71. The smallest absolute Gasteiger partial charge is 0.408 e. The molecule has 0 radical (unpaired) electrons. The van der Waals surface area contributed by atoms with Crippen LogP contribution >= 0.6 is 0 Å². The van der Waals surface area contributed by atoms with Crippen LogP contribution in [-0.2, 0) is 27.4 Å². The zero-order valence-electron chi connectivity index (χ0n) is 19.0. The van der Waals surface area contributed by atoms with Crippen molar-refractivity contribution in [1.82, 2.24) is 10.2 Å². The number of esters is 1. The van der Waals surface area contributed by atoms with E-state index < -0.39 is 35.4 Å². The van der Waals surface area contributed by atoms with Crippen LogP contribution in [-0.4, -0.2) is 41.6 Å². The second-order valence-corrected chi connectivity index (χ2v) is 8.43. The first kappa shape index (κ1) is 24.8. The lowest BCUT2D eigenvalue weighted by Gasteiger charge is -2.23. The molecule has 1 N–H and O–H groups in total. The van der Waals surface area contributed by atoms with Crippen molar-refractivity contribution in [2.24, 2.45) is 0 Å². The number of alkyl carbamates (subject to hydrolysis) is 1. The number of carbonyl (C=O) groups is 3. The SMILES string of the molecule is C[C@@H](NC(=O)OCc1ccccc1)C(=O)N(C)Cc1cc(C(=O)OC(C)(C)C)ccc1F. The van der Waals surface area contributed by atoms with Crippen molar-refractivity contribution >= 4 is 18.0 Å².